The first-order valence-electron chi connectivity index (χ1n) is 8.08. The van der Waals surface area contributed by atoms with Crippen LogP contribution in [0.4, 0.5) is 9.52 Å². The number of aryl methyl sites for hydroxylation is 1. The Morgan fingerprint density at radius 2 is 2.00 bits per heavy atom. The summed E-state index contributed by atoms with van der Waals surface area (Å²) in [4.78, 5) is 20.7. The summed E-state index contributed by atoms with van der Waals surface area (Å²) in [5, 5.41) is 9.53. The molecule has 4 rings (SSSR count). The maximum atomic E-state index is 13.2. The van der Waals surface area contributed by atoms with Crippen molar-refractivity contribution in [3.05, 3.63) is 71.7 Å². The quantitative estimate of drug-likeness (QED) is 0.582. The normalized spacial score (nSPS) is 10.7. The van der Waals surface area contributed by atoms with E-state index in [1.807, 2.05) is 18.6 Å². The molecule has 0 atom stereocenters. The van der Waals surface area contributed by atoms with Crippen molar-refractivity contribution in [2.75, 3.05) is 5.32 Å². The summed E-state index contributed by atoms with van der Waals surface area (Å²) in [5.41, 5.74) is 3.30. The number of hydrogen-bond acceptors (Lipinski definition) is 5. The lowest BCUT2D eigenvalue weighted by atomic mass is 10.1. The number of hydrogen-bond donors (Lipinski definition) is 1. The van der Waals surface area contributed by atoms with Gasteiger partial charge in [-0.05, 0) is 36.4 Å². The molecule has 0 aliphatic rings. The Morgan fingerprint density at radius 1 is 1.19 bits per heavy atom. The van der Waals surface area contributed by atoms with Crippen molar-refractivity contribution in [1.29, 1.82) is 0 Å². The lowest BCUT2D eigenvalue weighted by Gasteiger charge is -2.01. The highest BCUT2D eigenvalue weighted by Gasteiger charge is 2.16. The first-order chi connectivity index (χ1) is 13.1. The molecule has 1 amide bonds. The van der Waals surface area contributed by atoms with Crippen LogP contribution in [0.3, 0.4) is 0 Å². The first-order valence-corrected chi connectivity index (χ1v) is 8.96. The molecule has 0 radical (unpaired) electrons. The second-order valence-corrected chi connectivity index (χ2v) is 6.64. The summed E-state index contributed by atoms with van der Waals surface area (Å²) >= 11 is 1.32. The topological polar surface area (TPSA) is 72.7 Å². The molecule has 1 N–H and O–H groups in total. The second-order valence-electron chi connectivity index (χ2n) is 5.78. The molecular formula is C19H14FN5OS. The van der Waals surface area contributed by atoms with Crippen LogP contribution in [-0.2, 0) is 7.05 Å². The van der Waals surface area contributed by atoms with Gasteiger partial charge in [0.25, 0.3) is 5.91 Å². The van der Waals surface area contributed by atoms with Crippen molar-refractivity contribution in [2.24, 2.45) is 7.05 Å². The summed E-state index contributed by atoms with van der Waals surface area (Å²) in [6, 6.07) is 11.3. The number of anilines is 1. The molecule has 134 valence electrons. The Balaban J connectivity index is 1.62. The number of nitrogens with zero attached hydrogens (tertiary/aromatic N) is 4. The maximum absolute atomic E-state index is 13.2. The minimum absolute atomic E-state index is 0.301. The number of nitrogens with one attached hydrogen (secondary N) is 1. The van der Waals surface area contributed by atoms with Gasteiger partial charge in [-0.15, -0.1) is 11.3 Å². The number of amides is 1. The molecule has 0 unspecified atom stereocenters. The highest BCUT2D eigenvalue weighted by molar-refractivity contribution is 7.14. The van der Waals surface area contributed by atoms with Crippen LogP contribution in [0.25, 0.3) is 22.5 Å². The molecule has 1 aromatic carbocycles. The van der Waals surface area contributed by atoms with Crippen LogP contribution in [0.2, 0.25) is 0 Å². The number of rotatable bonds is 4. The summed E-state index contributed by atoms with van der Waals surface area (Å²) in [5.74, 6) is -0.620. The number of aromatic nitrogens is 4. The van der Waals surface area contributed by atoms with Crippen LogP contribution in [0, 0.1) is 5.82 Å². The minimum atomic E-state index is -0.318. The van der Waals surface area contributed by atoms with E-state index < -0.39 is 0 Å². The van der Waals surface area contributed by atoms with Gasteiger partial charge in [-0.3, -0.25) is 19.8 Å². The zero-order valence-corrected chi connectivity index (χ0v) is 15.1. The van der Waals surface area contributed by atoms with Crippen LogP contribution >= 0.6 is 11.3 Å². The number of thiazole rings is 1. The third-order valence-corrected chi connectivity index (χ3v) is 4.60. The molecule has 0 saturated heterocycles. The van der Waals surface area contributed by atoms with Gasteiger partial charge >= 0.3 is 0 Å². The minimum Gasteiger partial charge on any atom is -0.296 e. The van der Waals surface area contributed by atoms with E-state index in [-0.39, 0.29) is 11.7 Å². The monoisotopic (exact) mass is 379 g/mol. The van der Waals surface area contributed by atoms with Crippen LogP contribution in [0.1, 0.15) is 10.5 Å². The Bertz CT molecular complexity index is 1090. The summed E-state index contributed by atoms with van der Waals surface area (Å²) < 4.78 is 14.9. The van der Waals surface area contributed by atoms with Gasteiger partial charge in [0.15, 0.2) is 5.13 Å². The molecule has 3 aromatic heterocycles. The number of halogens is 1. The largest absolute Gasteiger partial charge is 0.296 e. The van der Waals surface area contributed by atoms with Gasteiger partial charge < -0.3 is 0 Å². The van der Waals surface area contributed by atoms with E-state index in [1.165, 1.54) is 23.5 Å². The van der Waals surface area contributed by atoms with Gasteiger partial charge in [-0.1, -0.05) is 6.07 Å². The third-order valence-electron chi connectivity index (χ3n) is 3.84. The average molecular weight is 379 g/mol. The highest BCUT2D eigenvalue weighted by Crippen LogP contribution is 2.33. The fraction of sp³-hybridized carbons (Fsp3) is 0.0526. The fourth-order valence-corrected chi connectivity index (χ4v) is 3.32. The zero-order chi connectivity index (χ0) is 18.8. The standard InChI is InChI=1S/C19H14FN5OS/c1-25-10-14(17(24-25)12-5-7-13(20)8-6-12)16-11-27-19(22-16)23-18(26)15-4-2-3-9-21-15/h2-11H,1H3,(H,22,23,26). The van der Waals surface area contributed by atoms with E-state index in [0.29, 0.717) is 22.2 Å². The van der Waals surface area contributed by atoms with Crippen LogP contribution in [0.5, 0.6) is 0 Å². The van der Waals surface area contributed by atoms with Gasteiger partial charge in [0.1, 0.15) is 17.2 Å². The van der Waals surface area contributed by atoms with E-state index in [0.717, 1.165) is 11.1 Å². The third kappa shape index (κ3) is 3.61. The number of benzene rings is 1. The van der Waals surface area contributed by atoms with Crippen molar-refractivity contribution in [1.82, 2.24) is 19.7 Å². The molecule has 0 aliphatic carbocycles. The van der Waals surface area contributed by atoms with Gasteiger partial charge in [0, 0.05) is 35.9 Å². The van der Waals surface area contributed by atoms with Crippen LogP contribution in [0.15, 0.2) is 60.2 Å². The van der Waals surface area contributed by atoms with E-state index in [2.05, 4.69) is 20.4 Å². The van der Waals surface area contributed by atoms with Crippen molar-refractivity contribution >= 4 is 22.4 Å². The van der Waals surface area contributed by atoms with Gasteiger partial charge in [-0.25, -0.2) is 9.37 Å². The average Bonchev–Trinajstić information content (AvgIpc) is 3.29. The van der Waals surface area contributed by atoms with Crippen molar-refractivity contribution < 1.29 is 9.18 Å². The smallest absolute Gasteiger partial charge is 0.276 e. The maximum Gasteiger partial charge on any atom is 0.276 e. The Hall–Kier alpha value is -3.39. The number of carbonyl (C=O) groups excluding carboxylic acids is 1. The van der Waals surface area contributed by atoms with Crippen LogP contribution < -0.4 is 5.32 Å². The number of carbonyl (C=O) groups is 1. The molecule has 8 heteroatoms. The fourth-order valence-electron chi connectivity index (χ4n) is 2.61. The Morgan fingerprint density at radius 3 is 2.74 bits per heavy atom. The predicted octanol–water partition coefficient (Wildman–Crippen LogP) is 4.00. The zero-order valence-electron chi connectivity index (χ0n) is 14.3. The first kappa shape index (κ1) is 17.0. The lowest BCUT2D eigenvalue weighted by molar-refractivity contribution is 0.102. The molecule has 0 bridgehead atoms. The van der Waals surface area contributed by atoms with Gasteiger partial charge in [-0.2, -0.15) is 5.10 Å². The molecule has 3 heterocycles. The summed E-state index contributed by atoms with van der Waals surface area (Å²) in [6.07, 6.45) is 3.41. The SMILES string of the molecule is Cn1cc(-c2csc(NC(=O)c3ccccn3)n2)c(-c2ccc(F)cc2)n1. The Kier molecular flexibility index (Phi) is 4.47. The molecule has 4 aromatic rings. The molecule has 6 nitrogen and oxygen atoms in total. The number of pyridine rings is 1. The van der Waals surface area contributed by atoms with E-state index in [1.54, 1.807) is 41.2 Å². The van der Waals surface area contributed by atoms with Crippen molar-refractivity contribution in [2.45, 2.75) is 0 Å². The second kappa shape index (κ2) is 7.08. The molecule has 27 heavy (non-hydrogen) atoms. The van der Waals surface area contributed by atoms with Crippen LogP contribution in [-0.4, -0.2) is 25.7 Å². The highest BCUT2D eigenvalue weighted by atomic mass is 32.1. The van der Waals surface area contributed by atoms with Crippen molar-refractivity contribution in [3.8, 4) is 22.5 Å². The molecular weight excluding hydrogens is 365 g/mol. The lowest BCUT2D eigenvalue weighted by Crippen LogP contribution is -2.13. The molecule has 0 aliphatic heterocycles. The van der Waals surface area contributed by atoms with E-state index in [4.69, 9.17) is 0 Å². The molecule has 0 spiro atoms. The van der Waals surface area contributed by atoms with Gasteiger partial charge in [0.05, 0.1) is 5.69 Å². The predicted molar refractivity (Wildman–Crippen MR) is 102 cm³/mol. The van der Waals surface area contributed by atoms with E-state index >= 15 is 0 Å². The van der Waals surface area contributed by atoms with Gasteiger partial charge in [0.2, 0.25) is 0 Å². The summed E-state index contributed by atoms with van der Waals surface area (Å²) in [6.45, 7) is 0. The van der Waals surface area contributed by atoms with Crippen molar-refractivity contribution in [3.63, 3.8) is 0 Å². The molecule has 0 saturated carbocycles. The Labute approximate surface area is 158 Å². The van der Waals surface area contributed by atoms with E-state index in [9.17, 15) is 9.18 Å². The summed E-state index contributed by atoms with van der Waals surface area (Å²) in [7, 11) is 1.81. The molecule has 0 fully saturated rings.